The van der Waals surface area contributed by atoms with E-state index in [2.05, 4.69) is 22.4 Å². The first-order valence-electron chi connectivity index (χ1n) is 7.28. The lowest BCUT2D eigenvalue weighted by Crippen LogP contribution is -2.16. The first kappa shape index (κ1) is 16.6. The van der Waals surface area contributed by atoms with Gasteiger partial charge in [0.2, 0.25) is 5.91 Å². The van der Waals surface area contributed by atoms with Gasteiger partial charge in [-0.3, -0.25) is 9.89 Å². The van der Waals surface area contributed by atoms with Crippen molar-refractivity contribution in [3.05, 3.63) is 11.8 Å². The number of hydrogen-bond donors (Lipinski definition) is 3. The molecule has 0 aliphatic heterocycles. The summed E-state index contributed by atoms with van der Waals surface area (Å²) in [6.45, 7) is 2.21. The van der Waals surface area contributed by atoms with Gasteiger partial charge in [-0.25, -0.2) is 0 Å². The fourth-order valence-electron chi connectivity index (χ4n) is 2.01. The van der Waals surface area contributed by atoms with Crippen LogP contribution in [0.4, 0.5) is 5.82 Å². The standard InChI is InChI=1S/C14H24N4OS/c1-2-3-4-5-6-7-8-9-12(19)17-14-11(13(15)20)10-16-18-14/h10H,2-9H2,1H3,(H2,15,20)(H2,16,17,18,19). The Kier molecular flexibility index (Phi) is 7.87. The van der Waals surface area contributed by atoms with Gasteiger partial charge in [0.1, 0.15) is 10.8 Å². The number of nitrogens with one attached hydrogen (secondary N) is 2. The van der Waals surface area contributed by atoms with Gasteiger partial charge in [0.15, 0.2) is 0 Å². The molecular weight excluding hydrogens is 272 g/mol. The molecule has 0 unspecified atom stereocenters. The highest BCUT2D eigenvalue weighted by atomic mass is 32.1. The lowest BCUT2D eigenvalue weighted by molar-refractivity contribution is -0.116. The largest absolute Gasteiger partial charge is 0.389 e. The average Bonchev–Trinajstić information content (AvgIpc) is 2.86. The molecule has 1 aromatic rings. The van der Waals surface area contributed by atoms with E-state index in [-0.39, 0.29) is 10.9 Å². The number of carbonyl (C=O) groups excluding carboxylic acids is 1. The summed E-state index contributed by atoms with van der Waals surface area (Å²) < 4.78 is 0. The normalized spacial score (nSPS) is 10.4. The average molecular weight is 296 g/mol. The monoisotopic (exact) mass is 296 g/mol. The summed E-state index contributed by atoms with van der Waals surface area (Å²) in [7, 11) is 0. The van der Waals surface area contributed by atoms with Crippen molar-refractivity contribution in [2.24, 2.45) is 5.73 Å². The Morgan fingerprint density at radius 2 is 1.95 bits per heavy atom. The van der Waals surface area contributed by atoms with Crippen molar-refractivity contribution >= 4 is 28.9 Å². The minimum absolute atomic E-state index is 0.0275. The molecule has 0 saturated carbocycles. The molecule has 1 rings (SSSR count). The molecule has 20 heavy (non-hydrogen) atoms. The van der Waals surface area contributed by atoms with E-state index < -0.39 is 0 Å². The molecule has 1 amide bonds. The maximum absolute atomic E-state index is 11.8. The molecule has 112 valence electrons. The van der Waals surface area contributed by atoms with Crippen LogP contribution in [0.25, 0.3) is 0 Å². The van der Waals surface area contributed by atoms with Crippen LogP contribution in [0.15, 0.2) is 6.20 Å². The number of nitrogens with two attached hydrogens (primary N) is 1. The molecule has 6 heteroatoms. The summed E-state index contributed by atoms with van der Waals surface area (Å²) in [5.74, 6) is 0.464. The van der Waals surface area contributed by atoms with Crippen molar-refractivity contribution in [3.8, 4) is 0 Å². The second-order valence-corrected chi connectivity index (χ2v) is 5.38. The maximum atomic E-state index is 11.8. The van der Waals surface area contributed by atoms with Crippen LogP contribution < -0.4 is 11.1 Å². The first-order valence-corrected chi connectivity index (χ1v) is 7.69. The van der Waals surface area contributed by atoms with Gasteiger partial charge in [-0.2, -0.15) is 5.10 Å². The summed E-state index contributed by atoms with van der Waals surface area (Å²) in [6, 6.07) is 0. The molecule has 0 aliphatic rings. The number of nitrogens with zero attached hydrogens (tertiary/aromatic N) is 1. The van der Waals surface area contributed by atoms with Crippen LogP contribution in [0.2, 0.25) is 0 Å². The van der Waals surface area contributed by atoms with Crippen LogP contribution in [0, 0.1) is 0 Å². The molecule has 0 bridgehead atoms. The van der Waals surface area contributed by atoms with Crippen LogP contribution in [-0.2, 0) is 4.79 Å². The van der Waals surface area contributed by atoms with E-state index >= 15 is 0 Å². The number of amides is 1. The van der Waals surface area contributed by atoms with E-state index in [4.69, 9.17) is 18.0 Å². The van der Waals surface area contributed by atoms with E-state index in [9.17, 15) is 4.79 Å². The van der Waals surface area contributed by atoms with Crippen LogP contribution in [0.1, 0.15) is 63.9 Å². The van der Waals surface area contributed by atoms with Crippen molar-refractivity contribution in [1.29, 1.82) is 0 Å². The highest BCUT2D eigenvalue weighted by molar-refractivity contribution is 7.80. The van der Waals surface area contributed by atoms with Crippen LogP contribution in [-0.4, -0.2) is 21.1 Å². The molecular formula is C14H24N4OS. The summed E-state index contributed by atoms with van der Waals surface area (Å²) >= 11 is 4.88. The molecule has 0 aromatic carbocycles. The predicted molar refractivity (Wildman–Crippen MR) is 85.7 cm³/mol. The molecule has 1 aromatic heterocycles. The Morgan fingerprint density at radius 3 is 2.60 bits per heavy atom. The molecule has 4 N–H and O–H groups in total. The van der Waals surface area contributed by atoms with Gasteiger partial charge in [0.25, 0.3) is 0 Å². The Bertz CT molecular complexity index is 431. The summed E-state index contributed by atoms with van der Waals surface area (Å²) in [5.41, 5.74) is 6.11. The number of hydrogen-bond acceptors (Lipinski definition) is 3. The van der Waals surface area contributed by atoms with Crippen molar-refractivity contribution in [2.45, 2.75) is 58.3 Å². The number of anilines is 1. The zero-order valence-electron chi connectivity index (χ0n) is 12.1. The highest BCUT2D eigenvalue weighted by Gasteiger charge is 2.10. The highest BCUT2D eigenvalue weighted by Crippen LogP contribution is 2.12. The van der Waals surface area contributed by atoms with Gasteiger partial charge in [-0.05, 0) is 6.42 Å². The lowest BCUT2D eigenvalue weighted by Gasteiger charge is -2.05. The summed E-state index contributed by atoms with van der Waals surface area (Å²) in [6.07, 6.45) is 10.4. The van der Waals surface area contributed by atoms with E-state index in [1.807, 2.05) is 0 Å². The predicted octanol–water partition coefficient (Wildman–Crippen LogP) is 3.12. The third-order valence-electron chi connectivity index (χ3n) is 3.18. The second-order valence-electron chi connectivity index (χ2n) is 4.94. The van der Waals surface area contributed by atoms with Crippen molar-refractivity contribution < 1.29 is 4.79 Å². The Morgan fingerprint density at radius 1 is 1.30 bits per heavy atom. The van der Waals surface area contributed by atoms with Crippen LogP contribution in [0.5, 0.6) is 0 Å². The van der Waals surface area contributed by atoms with E-state index in [1.165, 1.54) is 38.3 Å². The number of aromatic amines is 1. The van der Waals surface area contributed by atoms with Crippen molar-refractivity contribution in [1.82, 2.24) is 10.2 Å². The molecule has 0 aliphatic carbocycles. The molecule has 0 spiro atoms. The zero-order valence-corrected chi connectivity index (χ0v) is 12.9. The van der Waals surface area contributed by atoms with Crippen molar-refractivity contribution in [2.75, 3.05) is 5.32 Å². The van der Waals surface area contributed by atoms with Gasteiger partial charge in [-0.15, -0.1) is 0 Å². The van der Waals surface area contributed by atoms with Crippen LogP contribution in [0.3, 0.4) is 0 Å². The molecule has 5 nitrogen and oxygen atoms in total. The van der Waals surface area contributed by atoms with E-state index in [1.54, 1.807) is 0 Å². The lowest BCUT2D eigenvalue weighted by atomic mass is 10.1. The third-order valence-corrected chi connectivity index (χ3v) is 3.40. The van der Waals surface area contributed by atoms with Gasteiger partial charge >= 0.3 is 0 Å². The molecule has 1 heterocycles. The molecule has 0 radical (unpaired) electrons. The van der Waals surface area contributed by atoms with E-state index in [0.29, 0.717) is 17.8 Å². The summed E-state index contributed by atoms with van der Waals surface area (Å²) in [4.78, 5) is 12.0. The van der Waals surface area contributed by atoms with E-state index in [0.717, 1.165) is 12.8 Å². The minimum atomic E-state index is -0.0275. The Labute approximate surface area is 125 Å². The topological polar surface area (TPSA) is 83.8 Å². The quantitative estimate of drug-likeness (QED) is 0.457. The molecule has 0 fully saturated rings. The Balaban J connectivity index is 2.17. The van der Waals surface area contributed by atoms with Crippen molar-refractivity contribution in [3.63, 3.8) is 0 Å². The number of carbonyl (C=O) groups is 1. The van der Waals surface area contributed by atoms with Crippen LogP contribution >= 0.6 is 12.2 Å². The van der Waals surface area contributed by atoms with Gasteiger partial charge in [0, 0.05) is 6.42 Å². The SMILES string of the molecule is CCCCCCCCCC(=O)Nc1[nH]ncc1C(N)=S. The minimum Gasteiger partial charge on any atom is -0.389 e. The number of thiocarbonyl (C=S) groups is 1. The maximum Gasteiger partial charge on any atom is 0.225 e. The smallest absolute Gasteiger partial charge is 0.225 e. The summed E-state index contributed by atoms with van der Waals surface area (Å²) in [5, 5.41) is 9.28. The van der Waals surface area contributed by atoms with Gasteiger partial charge in [0.05, 0.1) is 11.8 Å². The number of aromatic nitrogens is 2. The number of H-pyrrole nitrogens is 1. The fraction of sp³-hybridized carbons (Fsp3) is 0.643. The Hall–Kier alpha value is -1.43. The number of rotatable bonds is 10. The van der Waals surface area contributed by atoms with Gasteiger partial charge in [-0.1, -0.05) is 57.7 Å². The molecule has 0 saturated heterocycles. The third kappa shape index (κ3) is 6.14. The number of unbranched alkanes of at least 4 members (excludes halogenated alkanes) is 6. The van der Waals surface area contributed by atoms with Gasteiger partial charge < -0.3 is 11.1 Å². The zero-order chi connectivity index (χ0) is 14.8. The first-order chi connectivity index (χ1) is 9.65. The second kappa shape index (κ2) is 9.47. The fourth-order valence-corrected chi connectivity index (χ4v) is 2.17. The molecule has 0 atom stereocenters.